The summed E-state index contributed by atoms with van der Waals surface area (Å²) in [4.78, 5) is 29.4. The molecule has 1 fully saturated rings. The molecule has 1 aliphatic carbocycles. The molecule has 1 atom stereocenters. The summed E-state index contributed by atoms with van der Waals surface area (Å²) < 4.78 is 54.1. The lowest BCUT2D eigenvalue weighted by Crippen LogP contribution is -2.55. The fourth-order valence-corrected chi connectivity index (χ4v) is 6.35. The van der Waals surface area contributed by atoms with Gasteiger partial charge < -0.3 is 10.2 Å². The van der Waals surface area contributed by atoms with Crippen molar-refractivity contribution >= 4 is 50.7 Å². The molecule has 0 bridgehead atoms. The summed E-state index contributed by atoms with van der Waals surface area (Å²) >= 11 is 12.4. The standard InChI is InChI=1S/C31H33Cl2F2N3O4S/c1-43(41,42)38(24-13-15-27(34)28(35)18-24)20-30(39)37(19-22-12-14-25(32)26(33)16-22)29(17-21-8-4-2-5-9-21)31(40)36-23-10-6-3-7-11-23/h2,4-5,8-9,12-16,18,23,29H,3,6-7,10-11,17,19-20H2,1H3,(H,36,40)/t29-/m0/s1. The van der Waals surface area contributed by atoms with Crippen molar-refractivity contribution in [1.29, 1.82) is 0 Å². The molecule has 1 saturated carbocycles. The highest BCUT2D eigenvalue weighted by Crippen LogP contribution is 2.26. The Labute approximate surface area is 260 Å². The molecule has 230 valence electrons. The molecule has 43 heavy (non-hydrogen) atoms. The first-order valence-electron chi connectivity index (χ1n) is 13.9. The average molecular weight is 653 g/mol. The number of nitrogens with zero attached hydrogens (tertiary/aromatic N) is 2. The molecule has 3 aromatic carbocycles. The van der Waals surface area contributed by atoms with Crippen molar-refractivity contribution in [3.8, 4) is 0 Å². The van der Waals surface area contributed by atoms with Crippen molar-refractivity contribution in [2.75, 3.05) is 17.1 Å². The molecule has 1 aliphatic rings. The molecule has 0 aromatic heterocycles. The fraction of sp³-hybridized carbons (Fsp3) is 0.355. The van der Waals surface area contributed by atoms with E-state index in [4.69, 9.17) is 23.2 Å². The maximum atomic E-state index is 14.1. The van der Waals surface area contributed by atoms with Crippen LogP contribution in [0.5, 0.6) is 0 Å². The van der Waals surface area contributed by atoms with Crippen molar-refractivity contribution < 1.29 is 26.8 Å². The molecule has 0 unspecified atom stereocenters. The zero-order valence-electron chi connectivity index (χ0n) is 23.6. The number of amides is 2. The quantitative estimate of drug-likeness (QED) is 0.270. The maximum absolute atomic E-state index is 14.1. The highest BCUT2D eigenvalue weighted by atomic mass is 35.5. The van der Waals surface area contributed by atoms with Crippen molar-refractivity contribution in [1.82, 2.24) is 10.2 Å². The minimum Gasteiger partial charge on any atom is -0.352 e. The van der Waals surface area contributed by atoms with Crippen LogP contribution in [0.15, 0.2) is 66.7 Å². The van der Waals surface area contributed by atoms with Crippen LogP contribution in [-0.4, -0.2) is 50.0 Å². The topological polar surface area (TPSA) is 86.8 Å². The Kier molecular flexibility index (Phi) is 11.0. The summed E-state index contributed by atoms with van der Waals surface area (Å²) in [6, 6.07) is 15.5. The van der Waals surface area contributed by atoms with E-state index < -0.39 is 40.2 Å². The third kappa shape index (κ3) is 8.90. The van der Waals surface area contributed by atoms with Crippen molar-refractivity contribution in [2.24, 2.45) is 0 Å². The second-order valence-electron chi connectivity index (χ2n) is 10.7. The van der Waals surface area contributed by atoms with Gasteiger partial charge in [0.1, 0.15) is 12.6 Å². The van der Waals surface area contributed by atoms with Gasteiger partial charge in [0, 0.05) is 25.1 Å². The van der Waals surface area contributed by atoms with Gasteiger partial charge in [-0.2, -0.15) is 0 Å². The molecule has 7 nitrogen and oxygen atoms in total. The molecule has 0 heterocycles. The average Bonchev–Trinajstić information content (AvgIpc) is 2.97. The van der Waals surface area contributed by atoms with Crippen LogP contribution in [0.2, 0.25) is 10.0 Å². The number of anilines is 1. The van der Waals surface area contributed by atoms with Crippen molar-refractivity contribution in [2.45, 2.75) is 57.2 Å². The van der Waals surface area contributed by atoms with Crippen LogP contribution < -0.4 is 9.62 Å². The number of hydrogen-bond donors (Lipinski definition) is 1. The first-order chi connectivity index (χ1) is 20.4. The van der Waals surface area contributed by atoms with E-state index in [0.29, 0.717) is 21.0 Å². The normalized spacial score (nSPS) is 14.6. The largest absolute Gasteiger partial charge is 0.352 e. The Balaban J connectivity index is 1.74. The minimum atomic E-state index is -4.13. The van der Waals surface area contributed by atoms with Crippen LogP contribution in [0, 0.1) is 11.6 Å². The van der Waals surface area contributed by atoms with Gasteiger partial charge in [-0.25, -0.2) is 17.2 Å². The summed E-state index contributed by atoms with van der Waals surface area (Å²) in [6.07, 6.45) is 5.71. The number of halogens is 4. The van der Waals surface area contributed by atoms with Gasteiger partial charge in [0.05, 0.1) is 22.0 Å². The van der Waals surface area contributed by atoms with Crippen LogP contribution in [0.1, 0.15) is 43.2 Å². The molecule has 2 amide bonds. The first-order valence-corrected chi connectivity index (χ1v) is 16.5. The summed E-state index contributed by atoms with van der Waals surface area (Å²) in [7, 11) is -4.13. The number of sulfonamides is 1. The molecule has 0 saturated heterocycles. The van der Waals surface area contributed by atoms with E-state index in [1.807, 2.05) is 30.3 Å². The van der Waals surface area contributed by atoms with Gasteiger partial charge in [-0.3, -0.25) is 13.9 Å². The predicted octanol–water partition coefficient (Wildman–Crippen LogP) is 6.13. The number of rotatable bonds is 11. The molecule has 12 heteroatoms. The summed E-state index contributed by atoms with van der Waals surface area (Å²) in [6.45, 7) is -0.853. The molecule has 0 spiro atoms. The van der Waals surface area contributed by atoms with Crippen molar-refractivity contribution in [3.63, 3.8) is 0 Å². The third-order valence-electron chi connectivity index (χ3n) is 7.43. The highest BCUT2D eigenvalue weighted by molar-refractivity contribution is 7.92. The summed E-state index contributed by atoms with van der Waals surface area (Å²) in [5.41, 5.74) is 1.12. The number of nitrogens with one attached hydrogen (secondary N) is 1. The molecule has 0 radical (unpaired) electrons. The predicted molar refractivity (Wildman–Crippen MR) is 165 cm³/mol. The van der Waals surface area contributed by atoms with Gasteiger partial charge in [0.25, 0.3) is 0 Å². The van der Waals surface area contributed by atoms with E-state index in [1.165, 1.54) is 4.90 Å². The molecular weight excluding hydrogens is 619 g/mol. The second kappa shape index (κ2) is 14.5. The summed E-state index contributed by atoms with van der Waals surface area (Å²) in [5.74, 6) is -3.52. The zero-order valence-corrected chi connectivity index (χ0v) is 25.9. The monoisotopic (exact) mass is 651 g/mol. The Hall–Kier alpha value is -3.21. The van der Waals surface area contributed by atoms with Gasteiger partial charge in [-0.05, 0) is 48.2 Å². The third-order valence-corrected chi connectivity index (χ3v) is 9.31. The lowest BCUT2D eigenvalue weighted by molar-refractivity contribution is -0.140. The van der Waals surface area contributed by atoms with E-state index >= 15 is 0 Å². The Morgan fingerprint density at radius 1 is 0.907 bits per heavy atom. The van der Waals surface area contributed by atoms with Gasteiger partial charge in [0.15, 0.2) is 11.6 Å². The Morgan fingerprint density at radius 3 is 2.23 bits per heavy atom. The number of carbonyl (C=O) groups is 2. The van der Waals surface area contributed by atoms with Gasteiger partial charge in [-0.1, -0.05) is 78.9 Å². The Morgan fingerprint density at radius 2 is 1.60 bits per heavy atom. The van der Waals surface area contributed by atoms with E-state index in [1.54, 1.807) is 18.2 Å². The van der Waals surface area contributed by atoms with Gasteiger partial charge in [0.2, 0.25) is 21.8 Å². The van der Waals surface area contributed by atoms with E-state index in [-0.39, 0.29) is 35.6 Å². The lowest BCUT2D eigenvalue weighted by atomic mass is 9.94. The number of benzene rings is 3. The van der Waals surface area contributed by atoms with Gasteiger partial charge in [-0.15, -0.1) is 0 Å². The van der Waals surface area contributed by atoms with Crippen LogP contribution in [0.25, 0.3) is 0 Å². The SMILES string of the molecule is CS(=O)(=O)N(CC(=O)N(Cc1ccc(Cl)c(Cl)c1)[C@@H](Cc1ccccc1)C(=O)NC1CCCCC1)c1ccc(F)c(F)c1. The molecular formula is C31H33Cl2F2N3O4S. The van der Waals surface area contributed by atoms with Crippen LogP contribution in [-0.2, 0) is 32.6 Å². The highest BCUT2D eigenvalue weighted by Gasteiger charge is 2.34. The number of carbonyl (C=O) groups excluding carboxylic acids is 2. The van der Waals surface area contributed by atoms with E-state index in [0.717, 1.165) is 56.1 Å². The molecule has 0 aliphatic heterocycles. The fourth-order valence-electron chi connectivity index (χ4n) is 5.19. The smallest absolute Gasteiger partial charge is 0.244 e. The first kappa shape index (κ1) is 32.7. The number of hydrogen-bond acceptors (Lipinski definition) is 4. The van der Waals surface area contributed by atoms with Crippen molar-refractivity contribution in [3.05, 3.63) is 99.5 Å². The second-order valence-corrected chi connectivity index (χ2v) is 13.4. The lowest BCUT2D eigenvalue weighted by Gasteiger charge is -2.35. The van der Waals surface area contributed by atoms with E-state index in [9.17, 15) is 26.8 Å². The Bertz CT molecular complexity index is 1550. The molecule has 4 rings (SSSR count). The molecule has 1 N–H and O–H groups in total. The zero-order chi connectivity index (χ0) is 31.1. The van der Waals surface area contributed by atoms with E-state index in [2.05, 4.69) is 5.32 Å². The van der Waals surface area contributed by atoms with Gasteiger partial charge >= 0.3 is 0 Å². The maximum Gasteiger partial charge on any atom is 0.244 e. The molecule has 3 aromatic rings. The summed E-state index contributed by atoms with van der Waals surface area (Å²) in [5, 5.41) is 3.66. The van der Waals surface area contributed by atoms with Crippen LogP contribution in [0.3, 0.4) is 0 Å². The minimum absolute atomic E-state index is 0.0452. The van der Waals surface area contributed by atoms with Crippen LogP contribution in [0.4, 0.5) is 14.5 Å². The van der Waals surface area contributed by atoms with Crippen LogP contribution >= 0.6 is 23.2 Å².